The number of anilines is 1. The number of halogens is 1. The van der Waals surface area contributed by atoms with Crippen molar-refractivity contribution in [1.29, 1.82) is 0 Å². The standard InChI is InChI=1S/C12H12ClN3OS/c1-7(12-15-4-5-18-12)16-11(17)9-6-8(13)2-3-10(9)14/h2-7H,14H2,1H3,(H,16,17). The number of benzene rings is 1. The van der Waals surface area contributed by atoms with E-state index >= 15 is 0 Å². The van der Waals surface area contributed by atoms with E-state index in [0.717, 1.165) is 5.01 Å². The van der Waals surface area contributed by atoms with E-state index < -0.39 is 0 Å². The Morgan fingerprint density at radius 2 is 2.33 bits per heavy atom. The summed E-state index contributed by atoms with van der Waals surface area (Å²) in [7, 11) is 0. The Labute approximate surface area is 114 Å². The summed E-state index contributed by atoms with van der Waals surface area (Å²) >= 11 is 7.34. The molecule has 1 unspecified atom stereocenters. The number of nitrogen functional groups attached to an aromatic ring is 1. The molecule has 0 radical (unpaired) electrons. The normalized spacial score (nSPS) is 12.1. The number of hydrogen-bond donors (Lipinski definition) is 2. The van der Waals surface area contributed by atoms with Gasteiger partial charge in [-0.2, -0.15) is 0 Å². The minimum atomic E-state index is -0.252. The molecule has 0 saturated carbocycles. The number of carbonyl (C=O) groups excluding carboxylic acids is 1. The average Bonchev–Trinajstić information content (AvgIpc) is 2.85. The van der Waals surface area contributed by atoms with Crippen molar-refractivity contribution in [2.75, 3.05) is 5.73 Å². The highest BCUT2D eigenvalue weighted by Crippen LogP contribution is 2.20. The molecule has 1 amide bonds. The summed E-state index contributed by atoms with van der Waals surface area (Å²) in [5.74, 6) is -0.252. The second-order valence-electron chi connectivity index (χ2n) is 3.80. The fraction of sp³-hybridized carbons (Fsp3) is 0.167. The van der Waals surface area contributed by atoms with Gasteiger partial charge in [-0.15, -0.1) is 11.3 Å². The molecule has 0 aliphatic rings. The molecule has 3 N–H and O–H groups in total. The van der Waals surface area contributed by atoms with E-state index in [4.69, 9.17) is 17.3 Å². The second kappa shape index (κ2) is 5.37. The van der Waals surface area contributed by atoms with E-state index in [2.05, 4.69) is 10.3 Å². The molecule has 0 aliphatic heterocycles. The number of nitrogens with zero attached hydrogens (tertiary/aromatic N) is 1. The van der Waals surface area contributed by atoms with Gasteiger partial charge in [0.15, 0.2) is 0 Å². The van der Waals surface area contributed by atoms with Crippen molar-refractivity contribution in [2.45, 2.75) is 13.0 Å². The summed E-state index contributed by atoms with van der Waals surface area (Å²) in [4.78, 5) is 16.2. The zero-order valence-corrected chi connectivity index (χ0v) is 11.3. The smallest absolute Gasteiger partial charge is 0.253 e. The molecule has 0 aliphatic carbocycles. The zero-order chi connectivity index (χ0) is 13.1. The number of amides is 1. The summed E-state index contributed by atoms with van der Waals surface area (Å²) in [6.07, 6.45) is 1.70. The van der Waals surface area contributed by atoms with Crippen LogP contribution in [0.15, 0.2) is 29.8 Å². The number of hydrogen-bond acceptors (Lipinski definition) is 4. The van der Waals surface area contributed by atoms with Crippen LogP contribution in [-0.2, 0) is 0 Å². The van der Waals surface area contributed by atoms with Crippen LogP contribution in [0.2, 0.25) is 5.02 Å². The van der Waals surface area contributed by atoms with Crippen LogP contribution in [0, 0.1) is 0 Å². The van der Waals surface area contributed by atoms with Gasteiger partial charge in [0.25, 0.3) is 5.91 Å². The minimum Gasteiger partial charge on any atom is -0.398 e. The molecule has 0 fully saturated rings. The molecule has 1 aromatic carbocycles. The maximum atomic E-state index is 12.1. The first-order valence-corrected chi connectivity index (χ1v) is 6.59. The van der Waals surface area contributed by atoms with Crippen LogP contribution in [0.3, 0.4) is 0 Å². The Hall–Kier alpha value is -1.59. The topological polar surface area (TPSA) is 68.0 Å². The van der Waals surface area contributed by atoms with Gasteiger partial charge >= 0.3 is 0 Å². The highest BCUT2D eigenvalue weighted by atomic mass is 35.5. The van der Waals surface area contributed by atoms with Crippen molar-refractivity contribution in [3.05, 3.63) is 45.4 Å². The van der Waals surface area contributed by atoms with Gasteiger partial charge in [0, 0.05) is 22.3 Å². The van der Waals surface area contributed by atoms with Crippen LogP contribution >= 0.6 is 22.9 Å². The van der Waals surface area contributed by atoms with Crippen molar-refractivity contribution < 1.29 is 4.79 Å². The maximum Gasteiger partial charge on any atom is 0.253 e. The van der Waals surface area contributed by atoms with Crippen molar-refractivity contribution in [1.82, 2.24) is 10.3 Å². The molecule has 94 valence electrons. The molecule has 0 bridgehead atoms. The second-order valence-corrected chi connectivity index (χ2v) is 5.16. The molecule has 6 heteroatoms. The molecule has 1 heterocycles. The monoisotopic (exact) mass is 281 g/mol. The van der Waals surface area contributed by atoms with Crippen molar-refractivity contribution in [2.24, 2.45) is 0 Å². The summed E-state index contributed by atoms with van der Waals surface area (Å²) in [6.45, 7) is 1.87. The summed E-state index contributed by atoms with van der Waals surface area (Å²) in [5, 5.41) is 6.04. The Morgan fingerprint density at radius 1 is 1.56 bits per heavy atom. The Morgan fingerprint density at radius 3 is 3.00 bits per heavy atom. The minimum absolute atomic E-state index is 0.157. The number of rotatable bonds is 3. The predicted octanol–water partition coefficient (Wildman–Crippen LogP) is 2.87. The first kappa shape index (κ1) is 12.9. The molecule has 18 heavy (non-hydrogen) atoms. The van der Waals surface area contributed by atoms with E-state index in [1.54, 1.807) is 24.4 Å². The van der Waals surface area contributed by atoms with E-state index in [1.807, 2.05) is 12.3 Å². The SMILES string of the molecule is CC(NC(=O)c1cc(Cl)ccc1N)c1nccs1. The van der Waals surface area contributed by atoms with Gasteiger partial charge in [-0.1, -0.05) is 11.6 Å². The van der Waals surface area contributed by atoms with Crippen LogP contribution in [0.4, 0.5) is 5.69 Å². The summed E-state index contributed by atoms with van der Waals surface area (Å²) in [5.41, 5.74) is 6.54. The van der Waals surface area contributed by atoms with Gasteiger partial charge in [-0.3, -0.25) is 4.79 Å². The van der Waals surface area contributed by atoms with Crippen LogP contribution in [-0.4, -0.2) is 10.9 Å². The first-order chi connectivity index (χ1) is 8.58. The summed E-state index contributed by atoms with van der Waals surface area (Å²) < 4.78 is 0. The van der Waals surface area contributed by atoms with E-state index in [0.29, 0.717) is 16.3 Å². The summed E-state index contributed by atoms with van der Waals surface area (Å²) in [6, 6.07) is 4.67. The molecule has 4 nitrogen and oxygen atoms in total. The molecule has 2 aromatic rings. The average molecular weight is 282 g/mol. The van der Waals surface area contributed by atoms with Crippen LogP contribution in [0.1, 0.15) is 28.3 Å². The number of aromatic nitrogens is 1. The third-order valence-electron chi connectivity index (χ3n) is 2.43. The Balaban J connectivity index is 2.15. The number of nitrogens with one attached hydrogen (secondary N) is 1. The largest absolute Gasteiger partial charge is 0.398 e. The van der Waals surface area contributed by atoms with E-state index in [1.165, 1.54) is 11.3 Å². The number of carbonyl (C=O) groups is 1. The highest BCUT2D eigenvalue weighted by molar-refractivity contribution is 7.09. The molecular weight excluding hydrogens is 270 g/mol. The first-order valence-electron chi connectivity index (χ1n) is 5.33. The lowest BCUT2D eigenvalue weighted by atomic mass is 10.1. The fourth-order valence-corrected chi connectivity index (χ4v) is 2.33. The maximum absolute atomic E-state index is 12.1. The predicted molar refractivity (Wildman–Crippen MR) is 73.9 cm³/mol. The fourth-order valence-electron chi connectivity index (χ4n) is 1.51. The van der Waals surface area contributed by atoms with Gasteiger partial charge in [0.05, 0.1) is 11.6 Å². The molecule has 2 rings (SSSR count). The van der Waals surface area contributed by atoms with E-state index in [-0.39, 0.29) is 11.9 Å². The third kappa shape index (κ3) is 2.80. The lowest BCUT2D eigenvalue weighted by Gasteiger charge is -2.12. The van der Waals surface area contributed by atoms with Crippen LogP contribution in [0.5, 0.6) is 0 Å². The lowest BCUT2D eigenvalue weighted by molar-refractivity contribution is 0.0940. The third-order valence-corrected chi connectivity index (χ3v) is 3.62. The Bertz CT molecular complexity index is 556. The number of thiazole rings is 1. The van der Waals surface area contributed by atoms with Crippen LogP contribution in [0.25, 0.3) is 0 Å². The van der Waals surface area contributed by atoms with Crippen molar-refractivity contribution >= 4 is 34.5 Å². The zero-order valence-electron chi connectivity index (χ0n) is 9.68. The van der Waals surface area contributed by atoms with Gasteiger partial charge in [-0.05, 0) is 25.1 Å². The molecule has 0 saturated heterocycles. The van der Waals surface area contributed by atoms with E-state index in [9.17, 15) is 4.79 Å². The highest BCUT2D eigenvalue weighted by Gasteiger charge is 2.15. The number of nitrogens with two attached hydrogens (primary N) is 1. The van der Waals surface area contributed by atoms with Crippen molar-refractivity contribution in [3.8, 4) is 0 Å². The molecule has 1 aromatic heterocycles. The van der Waals surface area contributed by atoms with Gasteiger partial charge in [0.2, 0.25) is 0 Å². The molecule has 0 spiro atoms. The van der Waals surface area contributed by atoms with Crippen LogP contribution < -0.4 is 11.1 Å². The quantitative estimate of drug-likeness (QED) is 0.850. The van der Waals surface area contributed by atoms with Gasteiger partial charge < -0.3 is 11.1 Å². The van der Waals surface area contributed by atoms with Gasteiger partial charge in [0.1, 0.15) is 5.01 Å². The molecular formula is C12H12ClN3OS. The molecule has 1 atom stereocenters. The lowest BCUT2D eigenvalue weighted by Crippen LogP contribution is -2.27. The van der Waals surface area contributed by atoms with Crippen molar-refractivity contribution in [3.63, 3.8) is 0 Å². The van der Waals surface area contributed by atoms with Gasteiger partial charge in [-0.25, -0.2) is 4.98 Å². The Kier molecular flexibility index (Phi) is 3.84.